The number of benzene rings is 7. The molecule has 1 aliphatic carbocycles. The van der Waals surface area contributed by atoms with Gasteiger partial charge in [-0.25, -0.2) is 29.9 Å². The maximum Gasteiger partial charge on any atom is 0.164 e. The lowest BCUT2D eigenvalue weighted by Crippen LogP contribution is -2.14. The Bertz CT molecular complexity index is 2780. The lowest BCUT2D eigenvalue weighted by molar-refractivity contribution is 0.660. The summed E-state index contributed by atoms with van der Waals surface area (Å²) >= 11 is 0. The summed E-state index contributed by atoms with van der Waals surface area (Å²) in [6.45, 7) is 4.60. The Balaban J connectivity index is 1.06. The molecule has 0 fully saturated rings. The van der Waals surface area contributed by atoms with E-state index in [4.69, 9.17) is 29.9 Å². The molecule has 0 aliphatic heterocycles. The summed E-state index contributed by atoms with van der Waals surface area (Å²) in [5, 5.41) is 0. The Kier molecular flexibility index (Phi) is 8.37. The highest BCUT2D eigenvalue weighted by Crippen LogP contribution is 2.52. The minimum Gasteiger partial charge on any atom is -0.208 e. The van der Waals surface area contributed by atoms with Gasteiger partial charge in [0.2, 0.25) is 0 Å². The first kappa shape index (κ1) is 34.1. The van der Waals surface area contributed by atoms with E-state index in [-0.39, 0.29) is 5.41 Å². The molecule has 2 aromatic heterocycles. The van der Waals surface area contributed by atoms with Crippen LogP contribution in [0.25, 0.3) is 90.6 Å². The number of aromatic nitrogens is 6. The Morgan fingerprint density at radius 1 is 0.281 bits per heavy atom. The van der Waals surface area contributed by atoms with Crippen molar-refractivity contribution in [3.05, 3.63) is 193 Å². The zero-order chi connectivity index (χ0) is 38.3. The topological polar surface area (TPSA) is 77.3 Å². The second kappa shape index (κ2) is 14.0. The van der Waals surface area contributed by atoms with Crippen LogP contribution in [0.3, 0.4) is 0 Å². The van der Waals surface area contributed by atoms with Gasteiger partial charge in [0.15, 0.2) is 34.9 Å². The lowest BCUT2D eigenvalue weighted by Gasteiger charge is -2.21. The van der Waals surface area contributed by atoms with Crippen LogP contribution in [0.2, 0.25) is 0 Å². The average Bonchev–Trinajstić information content (AvgIpc) is 3.52. The molecule has 57 heavy (non-hydrogen) atoms. The Morgan fingerprint density at radius 3 is 1.09 bits per heavy atom. The Labute approximate surface area is 331 Å². The molecule has 7 aromatic carbocycles. The van der Waals surface area contributed by atoms with Gasteiger partial charge in [0, 0.05) is 38.8 Å². The van der Waals surface area contributed by atoms with Gasteiger partial charge in [-0.2, -0.15) is 0 Å². The van der Waals surface area contributed by atoms with Crippen LogP contribution in [0, 0.1) is 0 Å². The molecule has 0 spiro atoms. The van der Waals surface area contributed by atoms with Crippen molar-refractivity contribution in [2.75, 3.05) is 0 Å². The van der Waals surface area contributed by atoms with Crippen LogP contribution in [-0.4, -0.2) is 29.9 Å². The fraction of sp³-hybridized carbons (Fsp3) is 0.0588. The molecule has 9 aromatic rings. The monoisotopic (exact) mass is 732 g/mol. The van der Waals surface area contributed by atoms with Gasteiger partial charge >= 0.3 is 0 Å². The van der Waals surface area contributed by atoms with Crippen molar-refractivity contribution < 1.29 is 0 Å². The van der Waals surface area contributed by atoms with Crippen molar-refractivity contribution in [1.29, 1.82) is 0 Å². The van der Waals surface area contributed by atoms with Crippen LogP contribution < -0.4 is 0 Å². The van der Waals surface area contributed by atoms with E-state index in [0.717, 1.165) is 50.1 Å². The molecule has 2 heterocycles. The molecule has 0 atom stereocenters. The normalized spacial score (nSPS) is 12.5. The summed E-state index contributed by atoms with van der Waals surface area (Å²) in [4.78, 5) is 30.0. The van der Waals surface area contributed by atoms with E-state index in [2.05, 4.69) is 74.5 Å². The van der Waals surface area contributed by atoms with E-state index in [1.54, 1.807) is 0 Å². The predicted octanol–water partition coefficient (Wildman–Crippen LogP) is 12.0. The minimum atomic E-state index is -0.216. The van der Waals surface area contributed by atoms with Gasteiger partial charge in [0.1, 0.15) is 0 Å². The lowest BCUT2D eigenvalue weighted by atomic mass is 9.82. The van der Waals surface area contributed by atoms with Crippen molar-refractivity contribution >= 4 is 0 Å². The third-order valence-corrected chi connectivity index (χ3v) is 10.8. The van der Waals surface area contributed by atoms with Crippen molar-refractivity contribution in [3.63, 3.8) is 0 Å². The van der Waals surface area contributed by atoms with Crippen LogP contribution in [-0.2, 0) is 5.41 Å². The number of hydrogen-bond acceptors (Lipinski definition) is 6. The maximum absolute atomic E-state index is 5.13. The highest BCUT2D eigenvalue weighted by molar-refractivity contribution is 5.93. The Hall–Kier alpha value is -7.44. The van der Waals surface area contributed by atoms with Gasteiger partial charge in [0.25, 0.3) is 0 Å². The molecular weight excluding hydrogens is 697 g/mol. The standard InChI is InChI=1S/C51H36N6/c1-51(2)42-31-30-39(33-26-28-38(29-27-33)49-53-45(34-16-7-3-8-17-34)52-46(54-49)35-18-9-4-10-19-35)32-41(42)44-40(24-15-25-43(44)51)50-56-47(36-20-11-5-12-21-36)55-48(57-50)37-22-13-6-14-23-37/h3-32H,1-2H3. The molecule has 0 N–H and O–H groups in total. The van der Waals surface area contributed by atoms with Crippen LogP contribution in [0.15, 0.2) is 182 Å². The summed E-state index contributed by atoms with van der Waals surface area (Å²) in [6.07, 6.45) is 0. The number of nitrogens with zero attached hydrogens (tertiary/aromatic N) is 6. The summed E-state index contributed by atoms with van der Waals surface area (Å²) in [7, 11) is 0. The van der Waals surface area contributed by atoms with E-state index < -0.39 is 0 Å². The van der Waals surface area contributed by atoms with E-state index >= 15 is 0 Å². The van der Waals surface area contributed by atoms with E-state index in [1.807, 2.05) is 121 Å². The van der Waals surface area contributed by atoms with Crippen LogP contribution in [0.5, 0.6) is 0 Å². The zero-order valence-corrected chi connectivity index (χ0v) is 31.5. The molecule has 270 valence electrons. The van der Waals surface area contributed by atoms with Gasteiger partial charge < -0.3 is 0 Å². The largest absolute Gasteiger partial charge is 0.208 e. The smallest absolute Gasteiger partial charge is 0.164 e. The molecule has 0 radical (unpaired) electrons. The van der Waals surface area contributed by atoms with E-state index in [1.165, 1.54) is 16.7 Å². The first-order valence-electron chi connectivity index (χ1n) is 19.1. The van der Waals surface area contributed by atoms with Crippen LogP contribution in [0.1, 0.15) is 25.0 Å². The number of hydrogen-bond donors (Lipinski definition) is 0. The van der Waals surface area contributed by atoms with Crippen molar-refractivity contribution in [2.45, 2.75) is 19.3 Å². The molecule has 0 bridgehead atoms. The predicted molar refractivity (Wildman–Crippen MR) is 229 cm³/mol. The first-order valence-corrected chi connectivity index (χ1v) is 19.1. The van der Waals surface area contributed by atoms with Gasteiger partial charge in [0.05, 0.1) is 0 Å². The highest BCUT2D eigenvalue weighted by atomic mass is 15.0. The van der Waals surface area contributed by atoms with Gasteiger partial charge in [-0.3, -0.25) is 0 Å². The molecular formula is C51H36N6. The molecule has 0 saturated carbocycles. The fourth-order valence-corrected chi connectivity index (χ4v) is 7.85. The molecule has 10 rings (SSSR count). The summed E-state index contributed by atoms with van der Waals surface area (Å²) in [5.41, 5.74) is 12.6. The molecule has 6 heteroatoms. The van der Waals surface area contributed by atoms with Crippen molar-refractivity contribution in [1.82, 2.24) is 29.9 Å². The molecule has 0 amide bonds. The third kappa shape index (κ3) is 6.27. The molecule has 6 nitrogen and oxygen atoms in total. The highest BCUT2D eigenvalue weighted by Gasteiger charge is 2.37. The van der Waals surface area contributed by atoms with Crippen molar-refractivity contribution in [2.24, 2.45) is 0 Å². The van der Waals surface area contributed by atoms with Gasteiger partial charge in [-0.05, 0) is 39.4 Å². The summed E-state index contributed by atoms with van der Waals surface area (Å²) in [6, 6.07) is 62.3. The molecule has 0 saturated heterocycles. The quantitative estimate of drug-likeness (QED) is 0.162. The third-order valence-electron chi connectivity index (χ3n) is 10.8. The minimum absolute atomic E-state index is 0.216. The maximum atomic E-state index is 5.13. The average molecular weight is 733 g/mol. The summed E-state index contributed by atoms with van der Waals surface area (Å²) in [5.74, 6) is 3.86. The number of rotatable bonds is 7. The van der Waals surface area contributed by atoms with E-state index in [9.17, 15) is 0 Å². The zero-order valence-electron chi connectivity index (χ0n) is 31.5. The van der Waals surface area contributed by atoms with Gasteiger partial charge in [-0.15, -0.1) is 0 Å². The summed E-state index contributed by atoms with van der Waals surface area (Å²) < 4.78 is 0. The number of fused-ring (bicyclic) bond motifs is 3. The first-order chi connectivity index (χ1) is 28.0. The Morgan fingerprint density at radius 2 is 0.649 bits per heavy atom. The van der Waals surface area contributed by atoms with Crippen LogP contribution in [0.4, 0.5) is 0 Å². The van der Waals surface area contributed by atoms with Crippen LogP contribution >= 0.6 is 0 Å². The van der Waals surface area contributed by atoms with Gasteiger partial charge in [-0.1, -0.05) is 190 Å². The van der Waals surface area contributed by atoms with Crippen molar-refractivity contribution in [3.8, 4) is 90.6 Å². The van der Waals surface area contributed by atoms with E-state index in [0.29, 0.717) is 34.9 Å². The molecule has 0 unspecified atom stereocenters. The second-order valence-electron chi connectivity index (χ2n) is 14.8. The fourth-order valence-electron chi connectivity index (χ4n) is 7.85. The molecule has 1 aliphatic rings. The SMILES string of the molecule is CC1(C)c2ccc(-c3ccc(-c4nc(-c5ccccc5)nc(-c5ccccc5)n4)cc3)cc2-c2c(-c3nc(-c4ccccc4)nc(-c4ccccc4)n3)cccc21. The second-order valence-corrected chi connectivity index (χ2v) is 14.8.